The van der Waals surface area contributed by atoms with E-state index in [1.807, 2.05) is 30.3 Å². The average Bonchev–Trinajstić information content (AvgIpc) is 3.02. The van der Waals surface area contributed by atoms with Crippen molar-refractivity contribution in [2.24, 2.45) is 0 Å². The number of hydrogen-bond donors (Lipinski definition) is 2. The van der Waals surface area contributed by atoms with Crippen LogP contribution >= 0.6 is 0 Å². The third kappa shape index (κ3) is 7.33. The second-order valence-electron chi connectivity index (χ2n) is 10.3. The van der Waals surface area contributed by atoms with E-state index in [9.17, 15) is 0 Å². The number of piperidine rings is 1. The summed E-state index contributed by atoms with van der Waals surface area (Å²) in [6.07, 6.45) is 1.94. The standard InChI is InChI=1S/C34H40N2O4/c1-37-31-15-12-27-20-25(8-9-28(27)21-31)22-36-33-23-35-17-16-32(33)26-10-13-30(14-11-26)40-19-5-18-39-24-29-6-3-4-7-34(29)38-2/h3-4,6-15,20-21,32-33,35-36H,5,16-19,22-24H2,1-2H3. The van der Waals surface area contributed by atoms with Crippen LogP contribution in [0.25, 0.3) is 10.8 Å². The van der Waals surface area contributed by atoms with Gasteiger partial charge in [-0.1, -0.05) is 48.5 Å². The molecule has 40 heavy (non-hydrogen) atoms. The molecular formula is C34H40N2O4. The van der Waals surface area contributed by atoms with Crippen molar-refractivity contribution in [1.82, 2.24) is 10.6 Å². The fourth-order valence-electron chi connectivity index (χ4n) is 5.40. The Bertz CT molecular complexity index is 1360. The van der Waals surface area contributed by atoms with Gasteiger partial charge in [0, 0.05) is 37.0 Å². The minimum absolute atomic E-state index is 0.368. The summed E-state index contributed by atoms with van der Waals surface area (Å²) in [5.74, 6) is 3.11. The molecule has 0 spiro atoms. The van der Waals surface area contributed by atoms with Gasteiger partial charge in [-0.15, -0.1) is 0 Å². The molecule has 1 heterocycles. The van der Waals surface area contributed by atoms with E-state index < -0.39 is 0 Å². The molecule has 2 atom stereocenters. The van der Waals surface area contributed by atoms with E-state index in [2.05, 4.69) is 65.2 Å². The Morgan fingerprint density at radius 3 is 2.48 bits per heavy atom. The zero-order chi connectivity index (χ0) is 27.6. The van der Waals surface area contributed by atoms with Crippen molar-refractivity contribution in [3.63, 3.8) is 0 Å². The molecular weight excluding hydrogens is 500 g/mol. The van der Waals surface area contributed by atoms with Crippen molar-refractivity contribution in [3.8, 4) is 17.2 Å². The quantitative estimate of drug-likeness (QED) is 0.201. The van der Waals surface area contributed by atoms with Gasteiger partial charge in [0.2, 0.25) is 0 Å². The maximum absolute atomic E-state index is 5.99. The van der Waals surface area contributed by atoms with Gasteiger partial charge in [-0.25, -0.2) is 0 Å². The summed E-state index contributed by atoms with van der Waals surface area (Å²) in [7, 11) is 3.39. The van der Waals surface area contributed by atoms with Gasteiger partial charge < -0.3 is 29.6 Å². The summed E-state index contributed by atoms with van der Waals surface area (Å²) >= 11 is 0. The molecule has 5 rings (SSSR count). The van der Waals surface area contributed by atoms with Crippen LogP contribution in [-0.4, -0.2) is 46.6 Å². The molecule has 2 N–H and O–H groups in total. The molecule has 0 saturated carbocycles. The van der Waals surface area contributed by atoms with Crippen LogP contribution in [-0.2, 0) is 17.9 Å². The van der Waals surface area contributed by atoms with Gasteiger partial charge in [-0.2, -0.15) is 0 Å². The van der Waals surface area contributed by atoms with Gasteiger partial charge in [0.1, 0.15) is 17.2 Å². The first kappa shape index (κ1) is 28.0. The first-order chi connectivity index (χ1) is 19.7. The van der Waals surface area contributed by atoms with Gasteiger partial charge >= 0.3 is 0 Å². The SMILES string of the molecule is COc1ccc2cc(CNC3CNCCC3c3ccc(OCCCOCc4ccccc4OC)cc3)ccc2c1. The molecule has 0 aliphatic carbocycles. The maximum Gasteiger partial charge on any atom is 0.124 e. The summed E-state index contributed by atoms with van der Waals surface area (Å²) in [6.45, 7) is 4.65. The molecule has 1 fully saturated rings. The number of hydrogen-bond acceptors (Lipinski definition) is 6. The van der Waals surface area contributed by atoms with Crippen LogP contribution in [0, 0.1) is 0 Å². The number of fused-ring (bicyclic) bond motifs is 1. The first-order valence-electron chi connectivity index (χ1n) is 14.2. The molecule has 0 radical (unpaired) electrons. The van der Waals surface area contributed by atoms with E-state index in [0.29, 0.717) is 31.8 Å². The molecule has 4 aromatic carbocycles. The molecule has 0 bridgehead atoms. The molecule has 6 heteroatoms. The number of nitrogens with one attached hydrogen (secondary N) is 2. The topological polar surface area (TPSA) is 61.0 Å². The van der Waals surface area contributed by atoms with Crippen LogP contribution < -0.4 is 24.8 Å². The zero-order valence-electron chi connectivity index (χ0n) is 23.5. The van der Waals surface area contributed by atoms with Crippen molar-refractivity contribution in [3.05, 3.63) is 102 Å². The highest BCUT2D eigenvalue weighted by molar-refractivity contribution is 5.84. The van der Waals surface area contributed by atoms with E-state index >= 15 is 0 Å². The highest BCUT2D eigenvalue weighted by Crippen LogP contribution is 2.28. The van der Waals surface area contributed by atoms with E-state index in [1.165, 1.54) is 21.9 Å². The lowest BCUT2D eigenvalue weighted by atomic mass is 9.86. The molecule has 0 aromatic heterocycles. The average molecular weight is 541 g/mol. The predicted octanol–water partition coefficient (Wildman–Crippen LogP) is 6.08. The number of ether oxygens (including phenoxy) is 4. The van der Waals surface area contributed by atoms with Crippen molar-refractivity contribution in [2.45, 2.75) is 38.0 Å². The fraction of sp³-hybridized carbons (Fsp3) is 0.353. The Morgan fingerprint density at radius 1 is 0.825 bits per heavy atom. The highest BCUT2D eigenvalue weighted by atomic mass is 16.5. The lowest BCUT2D eigenvalue weighted by Gasteiger charge is -2.33. The molecule has 210 valence electrons. The van der Waals surface area contributed by atoms with Crippen molar-refractivity contribution in [2.75, 3.05) is 40.5 Å². The Balaban J connectivity index is 1.08. The third-order valence-electron chi connectivity index (χ3n) is 7.62. The largest absolute Gasteiger partial charge is 0.497 e. The number of methoxy groups -OCH3 is 2. The lowest BCUT2D eigenvalue weighted by molar-refractivity contribution is 0.105. The molecule has 4 aromatic rings. The van der Waals surface area contributed by atoms with Crippen molar-refractivity contribution < 1.29 is 18.9 Å². The highest BCUT2D eigenvalue weighted by Gasteiger charge is 2.26. The minimum atomic E-state index is 0.368. The zero-order valence-corrected chi connectivity index (χ0v) is 23.5. The van der Waals surface area contributed by atoms with Gasteiger partial charge in [-0.05, 0) is 71.3 Å². The number of benzene rings is 4. The number of rotatable bonds is 13. The fourth-order valence-corrected chi connectivity index (χ4v) is 5.40. The van der Waals surface area contributed by atoms with Crippen molar-refractivity contribution in [1.29, 1.82) is 0 Å². The Kier molecular flexibility index (Phi) is 9.91. The van der Waals surface area contributed by atoms with E-state index in [1.54, 1.807) is 14.2 Å². The summed E-state index contributed by atoms with van der Waals surface area (Å²) in [6, 6.07) is 29.8. The molecule has 2 unspecified atom stereocenters. The summed E-state index contributed by atoms with van der Waals surface area (Å²) in [5.41, 5.74) is 3.71. The van der Waals surface area contributed by atoms with Crippen LogP contribution in [0.5, 0.6) is 17.2 Å². The molecule has 1 aliphatic heterocycles. The Labute approximate surface area is 237 Å². The number of para-hydroxylation sites is 1. The predicted molar refractivity (Wildman–Crippen MR) is 161 cm³/mol. The third-order valence-corrected chi connectivity index (χ3v) is 7.62. The minimum Gasteiger partial charge on any atom is -0.497 e. The van der Waals surface area contributed by atoms with Gasteiger partial charge in [-0.3, -0.25) is 0 Å². The molecule has 1 saturated heterocycles. The van der Waals surface area contributed by atoms with E-state index in [-0.39, 0.29) is 0 Å². The second kappa shape index (κ2) is 14.2. The Morgan fingerprint density at radius 2 is 1.62 bits per heavy atom. The normalized spacial score (nSPS) is 17.1. The van der Waals surface area contributed by atoms with Crippen LogP contribution in [0.15, 0.2) is 84.9 Å². The molecule has 0 amide bonds. The molecule has 6 nitrogen and oxygen atoms in total. The van der Waals surface area contributed by atoms with Crippen LogP contribution in [0.1, 0.15) is 35.4 Å². The van der Waals surface area contributed by atoms with Crippen LogP contribution in [0.3, 0.4) is 0 Å². The summed E-state index contributed by atoms with van der Waals surface area (Å²) < 4.78 is 22.5. The van der Waals surface area contributed by atoms with Gasteiger partial charge in [0.25, 0.3) is 0 Å². The van der Waals surface area contributed by atoms with Crippen LogP contribution in [0.2, 0.25) is 0 Å². The van der Waals surface area contributed by atoms with E-state index in [0.717, 1.165) is 55.3 Å². The second-order valence-corrected chi connectivity index (χ2v) is 10.3. The van der Waals surface area contributed by atoms with Crippen LogP contribution in [0.4, 0.5) is 0 Å². The van der Waals surface area contributed by atoms with Crippen molar-refractivity contribution >= 4 is 10.8 Å². The van der Waals surface area contributed by atoms with E-state index in [4.69, 9.17) is 18.9 Å². The maximum atomic E-state index is 5.99. The lowest BCUT2D eigenvalue weighted by Crippen LogP contribution is -2.47. The summed E-state index contributed by atoms with van der Waals surface area (Å²) in [5, 5.41) is 9.82. The monoisotopic (exact) mass is 540 g/mol. The van der Waals surface area contributed by atoms with Gasteiger partial charge in [0.05, 0.1) is 34.0 Å². The van der Waals surface area contributed by atoms with Gasteiger partial charge in [0.15, 0.2) is 0 Å². The first-order valence-corrected chi connectivity index (χ1v) is 14.2. The smallest absolute Gasteiger partial charge is 0.124 e. The summed E-state index contributed by atoms with van der Waals surface area (Å²) in [4.78, 5) is 0. The Hall–Kier alpha value is -3.58. The molecule has 1 aliphatic rings.